The molecule has 2 amide bonds. The van der Waals surface area contributed by atoms with Crippen LogP contribution in [0.1, 0.15) is 20.3 Å². The summed E-state index contributed by atoms with van der Waals surface area (Å²) in [5.41, 5.74) is 0.583. The third kappa shape index (κ3) is 4.02. The van der Waals surface area contributed by atoms with Gasteiger partial charge in [-0.2, -0.15) is 0 Å². The molecule has 0 saturated carbocycles. The Hall–Kier alpha value is -1.46. The van der Waals surface area contributed by atoms with Crippen molar-refractivity contribution in [3.8, 4) is 5.75 Å². The van der Waals surface area contributed by atoms with Crippen molar-refractivity contribution in [3.05, 3.63) is 23.2 Å². The second-order valence-corrected chi connectivity index (χ2v) is 5.72. The summed E-state index contributed by atoms with van der Waals surface area (Å²) >= 11 is 5.94. The number of rotatable bonds is 3. The van der Waals surface area contributed by atoms with Gasteiger partial charge < -0.3 is 20.1 Å². The molecule has 1 aliphatic heterocycles. The van der Waals surface area contributed by atoms with E-state index in [1.807, 2.05) is 13.8 Å². The summed E-state index contributed by atoms with van der Waals surface area (Å²) in [6.45, 7) is 5.34. The molecule has 1 aliphatic rings. The monoisotopic (exact) mass is 312 g/mol. The molecular weight excluding hydrogens is 292 g/mol. The van der Waals surface area contributed by atoms with Gasteiger partial charge in [-0.3, -0.25) is 0 Å². The average Bonchev–Trinajstić information content (AvgIpc) is 2.45. The molecule has 2 atom stereocenters. The predicted octanol–water partition coefficient (Wildman–Crippen LogP) is 2.97. The van der Waals surface area contributed by atoms with Crippen LogP contribution in [0.4, 0.5) is 10.5 Å². The zero-order valence-electron chi connectivity index (χ0n) is 12.3. The molecule has 0 aromatic heterocycles. The molecule has 1 aromatic carbocycles. The molecule has 21 heavy (non-hydrogen) atoms. The Morgan fingerprint density at radius 3 is 3.00 bits per heavy atom. The number of hydrogen-bond acceptors (Lipinski definition) is 3. The van der Waals surface area contributed by atoms with Gasteiger partial charge in [-0.15, -0.1) is 0 Å². The lowest BCUT2D eigenvalue weighted by Crippen LogP contribution is -2.47. The molecular formula is C15H21ClN2O3. The first-order chi connectivity index (χ1) is 10.0. The Kier molecular flexibility index (Phi) is 5.31. The number of aliphatic hydroxyl groups is 1. The van der Waals surface area contributed by atoms with Crippen LogP contribution in [-0.2, 0) is 0 Å². The van der Waals surface area contributed by atoms with Crippen molar-refractivity contribution in [3.63, 3.8) is 0 Å². The zero-order valence-corrected chi connectivity index (χ0v) is 13.1. The van der Waals surface area contributed by atoms with E-state index in [4.69, 9.17) is 16.3 Å². The van der Waals surface area contributed by atoms with Crippen molar-refractivity contribution in [1.82, 2.24) is 4.90 Å². The lowest BCUT2D eigenvalue weighted by molar-refractivity contribution is 0.0463. The van der Waals surface area contributed by atoms with Gasteiger partial charge in [-0.1, -0.05) is 18.5 Å². The van der Waals surface area contributed by atoms with Gasteiger partial charge in [-0.25, -0.2) is 4.79 Å². The number of carbonyl (C=O) groups is 1. The van der Waals surface area contributed by atoms with Crippen LogP contribution < -0.4 is 10.1 Å². The largest absolute Gasteiger partial charge is 0.492 e. The molecule has 116 valence electrons. The van der Waals surface area contributed by atoms with Crippen molar-refractivity contribution < 1.29 is 14.6 Å². The van der Waals surface area contributed by atoms with Gasteiger partial charge in [0.15, 0.2) is 0 Å². The fraction of sp³-hybridized carbons (Fsp3) is 0.533. The molecule has 0 bridgehead atoms. The molecule has 0 radical (unpaired) electrons. The highest BCUT2D eigenvalue weighted by Gasteiger charge is 2.27. The first-order valence-corrected chi connectivity index (χ1v) is 7.55. The van der Waals surface area contributed by atoms with Crippen LogP contribution in [-0.4, -0.2) is 41.8 Å². The second kappa shape index (κ2) is 7.00. The highest BCUT2D eigenvalue weighted by molar-refractivity contribution is 6.30. The number of anilines is 1. The molecule has 2 unspecified atom stereocenters. The van der Waals surface area contributed by atoms with Crippen molar-refractivity contribution in [2.75, 3.05) is 25.0 Å². The maximum absolute atomic E-state index is 12.3. The number of likely N-dealkylation sites (tertiary alicyclic amines) is 1. The summed E-state index contributed by atoms with van der Waals surface area (Å²) in [5.74, 6) is 0.771. The number of nitrogens with zero attached hydrogens (tertiary/aromatic N) is 1. The minimum atomic E-state index is -0.471. The summed E-state index contributed by atoms with van der Waals surface area (Å²) in [5, 5.41) is 13.2. The predicted molar refractivity (Wildman–Crippen MR) is 83.0 cm³/mol. The Labute approximate surface area is 129 Å². The summed E-state index contributed by atoms with van der Waals surface area (Å²) in [6.07, 6.45) is 0.328. The first kappa shape index (κ1) is 15.9. The summed E-state index contributed by atoms with van der Waals surface area (Å²) < 4.78 is 5.48. The number of urea groups is 1. The van der Waals surface area contributed by atoms with Crippen LogP contribution in [0.15, 0.2) is 18.2 Å². The Bertz CT molecular complexity index is 510. The Morgan fingerprint density at radius 1 is 1.57 bits per heavy atom. The Morgan fingerprint density at radius 2 is 2.33 bits per heavy atom. The van der Waals surface area contributed by atoms with Gasteiger partial charge in [0.2, 0.25) is 0 Å². The zero-order chi connectivity index (χ0) is 15.4. The standard InChI is InChI=1S/C15H21ClN2O3/c1-3-21-14-8-11(16)4-5-12(14)17-15(20)18-7-6-10(2)13(19)9-18/h4-5,8,10,13,19H,3,6-7,9H2,1-2H3,(H,17,20). The minimum Gasteiger partial charge on any atom is -0.492 e. The lowest BCUT2D eigenvalue weighted by atomic mass is 9.96. The van der Waals surface area contributed by atoms with E-state index in [9.17, 15) is 9.90 Å². The highest BCUT2D eigenvalue weighted by atomic mass is 35.5. The van der Waals surface area contributed by atoms with Crippen LogP contribution >= 0.6 is 11.6 Å². The number of benzene rings is 1. The molecule has 2 rings (SSSR count). The summed E-state index contributed by atoms with van der Waals surface area (Å²) in [6, 6.07) is 4.86. The molecule has 6 heteroatoms. The van der Waals surface area contributed by atoms with Crippen LogP contribution in [0.25, 0.3) is 0 Å². The van der Waals surface area contributed by atoms with Crippen molar-refractivity contribution in [2.24, 2.45) is 5.92 Å². The first-order valence-electron chi connectivity index (χ1n) is 7.17. The lowest BCUT2D eigenvalue weighted by Gasteiger charge is -2.34. The molecule has 0 aliphatic carbocycles. The number of piperidine rings is 1. The van der Waals surface area contributed by atoms with Gasteiger partial charge in [0, 0.05) is 24.2 Å². The number of carbonyl (C=O) groups excluding carboxylic acids is 1. The molecule has 1 heterocycles. The third-order valence-corrected chi connectivity index (χ3v) is 3.93. The van der Waals surface area contributed by atoms with E-state index in [2.05, 4.69) is 5.32 Å². The van der Waals surface area contributed by atoms with E-state index < -0.39 is 6.10 Å². The molecule has 0 spiro atoms. The van der Waals surface area contributed by atoms with Gasteiger partial charge in [0.25, 0.3) is 0 Å². The molecule has 2 N–H and O–H groups in total. The van der Waals surface area contributed by atoms with Crippen LogP contribution in [0.2, 0.25) is 5.02 Å². The number of ether oxygens (including phenoxy) is 1. The van der Waals surface area contributed by atoms with Crippen molar-refractivity contribution in [1.29, 1.82) is 0 Å². The summed E-state index contributed by atoms with van der Waals surface area (Å²) in [7, 11) is 0. The number of nitrogens with one attached hydrogen (secondary N) is 1. The number of β-amino-alcohol motifs (C(OH)–C–C–N with tert-alkyl or cyclic N) is 1. The fourth-order valence-corrected chi connectivity index (χ4v) is 2.46. The maximum Gasteiger partial charge on any atom is 0.322 e. The maximum atomic E-state index is 12.3. The Balaban J connectivity index is 2.05. The third-order valence-electron chi connectivity index (χ3n) is 3.69. The van der Waals surface area contributed by atoms with E-state index in [1.165, 1.54) is 0 Å². The van der Waals surface area contributed by atoms with Gasteiger partial charge in [0.05, 0.1) is 18.4 Å². The number of aliphatic hydroxyl groups excluding tert-OH is 1. The quantitative estimate of drug-likeness (QED) is 0.902. The molecule has 5 nitrogen and oxygen atoms in total. The number of amides is 2. The van der Waals surface area contributed by atoms with E-state index in [1.54, 1.807) is 23.1 Å². The van der Waals surface area contributed by atoms with E-state index in [0.29, 0.717) is 36.2 Å². The van der Waals surface area contributed by atoms with Gasteiger partial charge in [0.1, 0.15) is 5.75 Å². The number of hydrogen-bond donors (Lipinski definition) is 2. The molecule has 1 aromatic rings. The van der Waals surface area contributed by atoms with Crippen molar-refractivity contribution in [2.45, 2.75) is 26.4 Å². The highest BCUT2D eigenvalue weighted by Crippen LogP contribution is 2.29. The van der Waals surface area contributed by atoms with Crippen LogP contribution in [0, 0.1) is 5.92 Å². The number of halogens is 1. The van der Waals surface area contributed by atoms with Gasteiger partial charge in [-0.05, 0) is 31.4 Å². The van der Waals surface area contributed by atoms with E-state index in [0.717, 1.165) is 6.42 Å². The van der Waals surface area contributed by atoms with E-state index in [-0.39, 0.29) is 11.9 Å². The molecule has 1 saturated heterocycles. The normalized spacial score (nSPS) is 22.0. The SMILES string of the molecule is CCOc1cc(Cl)ccc1NC(=O)N1CCC(C)C(O)C1. The topological polar surface area (TPSA) is 61.8 Å². The smallest absolute Gasteiger partial charge is 0.322 e. The van der Waals surface area contributed by atoms with Gasteiger partial charge >= 0.3 is 6.03 Å². The van der Waals surface area contributed by atoms with Crippen molar-refractivity contribution >= 4 is 23.3 Å². The fourth-order valence-electron chi connectivity index (χ4n) is 2.30. The second-order valence-electron chi connectivity index (χ2n) is 5.28. The van der Waals surface area contributed by atoms with E-state index >= 15 is 0 Å². The average molecular weight is 313 g/mol. The minimum absolute atomic E-state index is 0.226. The van der Waals surface area contributed by atoms with Crippen LogP contribution in [0.5, 0.6) is 5.75 Å². The summed E-state index contributed by atoms with van der Waals surface area (Å²) in [4.78, 5) is 13.9. The molecule has 1 fully saturated rings. The van der Waals surface area contributed by atoms with Crippen LogP contribution in [0.3, 0.4) is 0 Å².